The second-order valence-corrected chi connectivity index (χ2v) is 4.83. The molecule has 0 aliphatic carbocycles. The lowest BCUT2D eigenvalue weighted by atomic mass is 10.1. The van der Waals surface area contributed by atoms with Crippen molar-refractivity contribution in [1.29, 1.82) is 0 Å². The van der Waals surface area contributed by atoms with Gasteiger partial charge < -0.3 is 19.5 Å². The van der Waals surface area contributed by atoms with E-state index in [0.717, 1.165) is 31.1 Å². The normalized spacial score (nSPS) is 26.3. The van der Waals surface area contributed by atoms with Crippen molar-refractivity contribution in [2.24, 2.45) is 0 Å². The lowest BCUT2D eigenvalue weighted by Gasteiger charge is -2.20. The zero-order chi connectivity index (χ0) is 12.4. The Morgan fingerprint density at radius 2 is 2.00 bits per heavy atom. The third kappa shape index (κ3) is 2.44. The molecule has 0 radical (unpaired) electrons. The molecule has 1 N–H and O–H groups in total. The predicted octanol–water partition coefficient (Wildman–Crippen LogP) is 1.72. The second kappa shape index (κ2) is 5.16. The van der Waals surface area contributed by atoms with Gasteiger partial charge in [-0.15, -0.1) is 0 Å². The average molecular weight is 249 g/mol. The van der Waals surface area contributed by atoms with Crippen LogP contribution in [0.5, 0.6) is 11.5 Å². The lowest BCUT2D eigenvalue weighted by Crippen LogP contribution is -2.34. The van der Waals surface area contributed by atoms with Gasteiger partial charge in [0.2, 0.25) is 0 Å². The van der Waals surface area contributed by atoms with Gasteiger partial charge in [0.25, 0.3) is 0 Å². The first kappa shape index (κ1) is 11.8. The summed E-state index contributed by atoms with van der Waals surface area (Å²) in [4.78, 5) is 0. The first-order chi connectivity index (χ1) is 8.83. The summed E-state index contributed by atoms with van der Waals surface area (Å²) in [6, 6.07) is 6.58. The van der Waals surface area contributed by atoms with Crippen LogP contribution in [0.25, 0.3) is 0 Å². The number of hydrogen-bond donors (Lipinski definition) is 1. The van der Waals surface area contributed by atoms with Gasteiger partial charge in [-0.05, 0) is 31.0 Å². The molecule has 0 bridgehead atoms. The Bertz CT molecular complexity index is 422. The van der Waals surface area contributed by atoms with Crippen molar-refractivity contribution in [3.8, 4) is 11.5 Å². The van der Waals surface area contributed by atoms with E-state index >= 15 is 0 Å². The highest BCUT2D eigenvalue weighted by atomic mass is 16.6. The maximum absolute atomic E-state index is 5.58. The molecule has 1 saturated heterocycles. The first-order valence-corrected chi connectivity index (χ1v) is 6.56. The van der Waals surface area contributed by atoms with Crippen LogP contribution in [-0.2, 0) is 11.3 Å². The molecule has 1 fully saturated rings. The van der Waals surface area contributed by atoms with E-state index in [1.807, 2.05) is 6.07 Å². The van der Waals surface area contributed by atoms with Gasteiger partial charge >= 0.3 is 0 Å². The molecular weight excluding hydrogens is 230 g/mol. The zero-order valence-corrected chi connectivity index (χ0v) is 10.6. The molecule has 3 rings (SSSR count). The van der Waals surface area contributed by atoms with Crippen LogP contribution >= 0.6 is 0 Å². The minimum Gasteiger partial charge on any atom is -0.486 e. The summed E-state index contributed by atoms with van der Waals surface area (Å²) in [5.41, 5.74) is 1.22. The molecular formula is C14H19NO3. The molecule has 0 amide bonds. The van der Waals surface area contributed by atoms with Crippen LogP contribution in [0.15, 0.2) is 18.2 Å². The second-order valence-electron chi connectivity index (χ2n) is 4.83. The molecule has 0 saturated carbocycles. The van der Waals surface area contributed by atoms with E-state index in [1.165, 1.54) is 5.56 Å². The molecule has 4 nitrogen and oxygen atoms in total. The summed E-state index contributed by atoms with van der Waals surface area (Å²) in [5, 5.41) is 3.53. The maximum Gasteiger partial charge on any atom is 0.161 e. The third-order valence-corrected chi connectivity index (χ3v) is 3.55. The predicted molar refractivity (Wildman–Crippen MR) is 68.1 cm³/mol. The Kier molecular flexibility index (Phi) is 3.39. The van der Waals surface area contributed by atoms with Crippen molar-refractivity contribution >= 4 is 0 Å². The molecule has 2 aliphatic rings. The Balaban J connectivity index is 1.62. The number of ether oxygens (including phenoxy) is 3. The smallest absolute Gasteiger partial charge is 0.161 e. The number of rotatable bonds is 3. The van der Waals surface area contributed by atoms with Gasteiger partial charge in [-0.1, -0.05) is 6.07 Å². The highest BCUT2D eigenvalue weighted by Gasteiger charge is 2.23. The molecule has 1 aromatic rings. The number of hydrogen-bond acceptors (Lipinski definition) is 4. The van der Waals surface area contributed by atoms with E-state index in [-0.39, 0.29) is 0 Å². The SMILES string of the molecule is CC1OCCC1NCc1ccc2c(c1)OCCO2. The fourth-order valence-corrected chi connectivity index (χ4v) is 2.45. The summed E-state index contributed by atoms with van der Waals surface area (Å²) in [6.07, 6.45) is 1.40. The monoisotopic (exact) mass is 249 g/mol. The molecule has 0 aromatic heterocycles. The highest BCUT2D eigenvalue weighted by molar-refractivity contribution is 5.43. The molecule has 2 atom stereocenters. The van der Waals surface area contributed by atoms with Crippen LogP contribution in [0.3, 0.4) is 0 Å². The Morgan fingerprint density at radius 1 is 1.17 bits per heavy atom. The van der Waals surface area contributed by atoms with E-state index < -0.39 is 0 Å². The van der Waals surface area contributed by atoms with Gasteiger partial charge in [-0.2, -0.15) is 0 Å². The molecule has 18 heavy (non-hydrogen) atoms. The van der Waals surface area contributed by atoms with E-state index in [4.69, 9.17) is 14.2 Å². The number of nitrogens with one attached hydrogen (secondary N) is 1. The summed E-state index contributed by atoms with van der Waals surface area (Å²) in [6.45, 7) is 5.10. The largest absolute Gasteiger partial charge is 0.486 e. The summed E-state index contributed by atoms with van der Waals surface area (Å²) >= 11 is 0. The maximum atomic E-state index is 5.58. The minimum atomic E-state index is 0.308. The van der Waals surface area contributed by atoms with Crippen LogP contribution in [-0.4, -0.2) is 32.0 Å². The van der Waals surface area contributed by atoms with Crippen molar-refractivity contribution in [3.63, 3.8) is 0 Å². The topological polar surface area (TPSA) is 39.7 Å². The Morgan fingerprint density at radius 3 is 2.78 bits per heavy atom. The standard InChI is InChI=1S/C14H19NO3/c1-10-12(4-5-16-10)15-9-11-2-3-13-14(8-11)18-7-6-17-13/h2-3,8,10,12,15H,4-7,9H2,1H3. The van der Waals surface area contributed by atoms with Gasteiger partial charge in [-0.25, -0.2) is 0 Å². The first-order valence-electron chi connectivity index (χ1n) is 6.56. The molecule has 98 valence electrons. The zero-order valence-electron chi connectivity index (χ0n) is 10.6. The summed E-state index contributed by atoms with van der Waals surface area (Å²) in [5.74, 6) is 1.71. The van der Waals surface area contributed by atoms with Gasteiger partial charge in [0, 0.05) is 19.2 Å². The van der Waals surface area contributed by atoms with Crippen molar-refractivity contribution in [2.45, 2.75) is 32.0 Å². The third-order valence-electron chi connectivity index (χ3n) is 3.55. The fraction of sp³-hybridized carbons (Fsp3) is 0.571. The molecule has 1 aromatic carbocycles. The van der Waals surface area contributed by atoms with Crippen LogP contribution < -0.4 is 14.8 Å². The molecule has 4 heteroatoms. The summed E-state index contributed by atoms with van der Waals surface area (Å²) < 4.78 is 16.6. The van der Waals surface area contributed by atoms with E-state index in [0.29, 0.717) is 25.4 Å². The van der Waals surface area contributed by atoms with Crippen molar-refractivity contribution in [3.05, 3.63) is 23.8 Å². The summed E-state index contributed by atoms with van der Waals surface area (Å²) in [7, 11) is 0. The van der Waals surface area contributed by atoms with Crippen LogP contribution in [0, 0.1) is 0 Å². The van der Waals surface area contributed by atoms with Gasteiger partial charge in [0.15, 0.2) is 11.5 Å². The van der Waals surface area contributed by atoms with Gasteiger partial charge in [-0.3, -0.25) is 0 Å². The molecule has 2 unspecified atom stereocenters. The lowest BCUT2D eigenvalue weighted by molar-refractivity contribution is 0.113. The Labute approximate surface area is 107 Å². The highest BCUT2D eigenvalue weighted by Crippen LogP contribution is 2.30. The Hall–Kier alpha value is -1.26. The van der Waals surface area contributed by atoms with E-state index in [9.17, 15) is 0 Å². The average Bonchev–Trinajstić information content (AvgIpc) is 2.82. The van der Waals surface area contributed by atoms with E-state index in [1.54, 1.807) is 0 Å². The van der Waals surface area contributed by atoms with Gasteiger partial charge in [0.1, 0.15) is 13.2 Å². The molecule has 2 heterocycles. The van der Waals surface area contributed by atoms with Crippen molar-refractivity contribution in [2.75, 3.05) is 19.8 Å². The molecule has 2 aliphatic heterocycles. The van der Waals surface area contributed by atoms with Crippen LogP contribution in [0.2, 0.25) is 0 Å². The van der Waals surface area contributed by atoms with Crippen molar-refractivity contribution in [1.82, 2.24) is 5.32 Å². The van der Waals surface area contributed by atoms with E-state index in [2.05, 4.69) is 24.4 Å². The molecule has 0 spiro atoms. The van der Waals surface area contributed by atoms with Gasteiger partial charge in [0.05, 0.1) is 6.10 Å². The van der Waals surface area contributed by atoms with Crippen LogP contribution in [0.4, 0.5) is 0 Å². The fourth-order valence-electron chi connectivity index (χ4n) is 2.45. The van der Waals surface area contributed by atoms with Crippen molar-refractivity contribution < 1.29 is 14.2 Å². The number of benzene rings is 1. The quantitative estimate of drug-likeness (QED) is 0.885. The minimum absolute atomic E-state index is 0.308. The van der Waals surface area contributed by atoms with Crippen LogP contribution in [0.1, 0.15) is 18.9 Å². The number of fused-ring (bicyclic) bond motifs is 1.